The highest BCUT2D eigenvalue weighted by atomic mass is 32.1. The number of aromatic nitrogens is 1. The predicted molar refractivity (Wildman–Crippen MR) is 64.3 cm³/mol. The molecule has 18 heavy (non-hydrogen) atoms. The number of rotatable bonds is 5. The molecule has 8 nitrogen and oxygen atoms in total. The third kappa shape index (κ3) is 4.37. The third-order valence-electron chi connectivity index (χ3n) is 1.79. The second kappa shape index (κ2) is 5.96. The van der Waals surface area contributed by atoms with Gasteiger partial charge in [0.1, 0.15) is 13.1 Å². The van der Waals surface area contributed by atoms with Gasteiger partial charge in [-0.05, 0) is 6.92 Å². The number of primary amides is 1. The molecule has 0 fully saturated rings. The van der Waals surface area contributed by atoms with E-state index >= 15 is 0 Å². The number of nitrogens with zero attached hydrogens (tertiary/aromatic N) is 2. The Hall–Kier alpha value is -2.16. The average Bonchev–Trinajstić information content (AvgIpc) is 2.61. The van der Waals surface area contributed by atoms with E-state index in [4.69, 9.17) is 10.8 Å². The Kier molecular flexibility index (Phi) is 4.60. The summed E-state index contributed by atoms with van der Waals surface area (Å²) in [4.78, 5) is 37.8. The van der Waals surface area contributed by atoms with E-state index in [0.717, 1.165) is 10.6 Å². The minimum Gasteiger partial charge on any atom is -0.480 e. The fourth-order valence-corrected chi connectivity index (χ4v) is 1.81. The number of urea groups is 1. The van der Waals surface area contributed by atoms with Crippen LogP contribution in [0.2, 0.25) is 0 Å². The van der Waals surface area contributed by atoms with Crippen molar-refractivity contribution in [2.45, 2.75) is 6.92 Å². The van der Waals surface area contributed by atoms with E-state index in [1.54, 1.807) is 12.3 Å². The van der Waals surface area contributed by atoms with Gasteiger partial charge in [0.25, 0.3) is 0 Å². The second-order valence-electron chi connectivity index (χ2n) is 3.44. The summed E-state index contributed by atoms with van der Waals surface area (Å²) in [5.74, 6) is -2.02. The van der Waals surface area contributed by atoms with Crippen molar-refractivity contribution < 1.29 is 19.5 Å². The largest absolute Gasteiger partial charge is 0.480 e. The molecule has 98 valence electrons. The van der Waals surface area contributed by atoms with Crippen molar-refractivity contribution in [2.24, 2.45) is 5.73 Å². The molecule has 3 amide bonds. The minimum absolute atomic E-state index is 0.331. The van der Waals surface area contributed by atoms with Crippen LogP contribution >= 0.6 is 11.3 Å². The Bertz CT molecular complexity index is 457. The molecule has 0 saturated carbocycles. The van der Waals surface area contributed by atoms with Crippen LogP contribution in [0.15, 0.2) is 5.38 Å². The van der Waals surface area contributed by atoms with Crippen LogP contribution in [-0.2, 0) is 9.59 Å². The number of carboxylic acid groups (broad SMARTS) is 1. The van der Waals surface area contributed by atoms with Crippen LogP contribution in [-0.4, -0.2) is 46.0 Å². The SMILES string of the molecule is Cc1csc(NC(=O)N(CC(N)=O)CC(=O)O)n1. The first-order valence-corrected chi connectivity index (χ1v) is 5.74. The maximum Gasteiger partial charge on any atom is 0.324 e. The summed E-state index contributed by atoms with van der Waals surface area (Å²) in [5, 5.41) is 13.1. The van der Waals surface area contributed by atoms with Gasteiger partial charge in [-0.1, -0.05) is 0 Å². The number of aryl methyl sites for hydroxylation is 1. The molecule has 0 saturated heterocycles. The van der Waals surface area contributed by atoms with E-state index in [1.807, 2.05) is 0 Å². The number of carbonyl (C=O) groups excluding carboxylic acids is 2. The molecule has 9 heteroatoms. The molecule has 0 unspecified atom stereocenters. The van der Waals surface area contributed by atoms with E-state index in [1.165, 1.54) is 11.3 Å². The van der Waals surface area contributed by atoms with Crippen LogP contribution in [0.5, 0.6) is 0 Å². The predicted octanol–water partition coefficient (Wildman–Crippen LogP) is -0.145. The molecule has 0 aromatic carbocycles. The summed E-state index contributed by atoms with van der Waals surface area (Å²) in [7, 11) is 0. The van der Waals surface area contributed by atoms with Crippen LogP contribution in [0.25, 0.3) is 0 Å². The Morgan fingerprint density at radius 2 is 2.17 bits per heavy atom. The van der Waals surface area contributed by atoms with E-state index in [9.17, 15) is 14.4 Å². The summed E-state index contributed by atoms with van der Waals surface area (Å²) < 4.78 is 0. The number of hydrogen-bond donors (Lipinski definition) is 3. The number of nitrogens with two attached hydrogens (primary N) is 1. The molecule has 1 aromatic rings. The van der Waals surface area contributed by atoms with E-state index < -0.39 is 31.0 Å². The molecule has 0 bridgehead atoms. The number of nitrogens with one attached hydrogen (secondary N) is 1. The summed E-state index contributed by atoms with van der Waals surface area (Å²) in [6.07, 6.45) is 0. The molecule has 4 N–H and O–H groups in total. The first-order chi connectivity index (χ1) is 8.38. The summed E-state index contributed by atoms with van der Waals surface area (Å²) in [6, 6.07) is -0.731. The first-order valence-electron chi connectivity index (χ1n) is 4.86. The fourth-order valence-electron chi connectivity index (χ4n) is 1.13. The molecule has 0 radical (unpaired) electrons. The maximum atomic E-state index is 11.7. The lowest BCUT2D eigenvalue weighted by Gasteiger charge is -2.18. The molecule has 0 aliphatic carbocycles. The van der Waals surface area contributed by atoms with Gasteiger partial charge >= 0.3 is 12.0 Å². The normalized spacial score (nSPS) is 9.83. The highest BCUT2D eigenvalue weighted by Crippen LogP contribution is 2.14. The van der Waals surface area contributed by atoms with Gasteiger partial charge in [-0.2, -0.15) is 0 Å². The van der Waals surface area contributed by atoms with Crippen LogP contribution in [0, 0.1) is 6.92 Å². The van der Waals surface area contributed by atoms with Crippen molar-refractivity contribution in [3.63, 3.8) is 0 Å². The Morgan fingerprint density at radius 3 is 2.61 bits per heavy atom. The lowest BCUT2D eigenvalue weighted by molar-refractivity contribution is -0.137. The van der Waals surface area contributed by atoms with Crippen molar-refractivity contribution in [3.8, 4) is 0 Å². The van der Waals surface area contributed by atoms with Gasteiger partial charge < -0.3 is 15.7 Å². The monoisotopic (exact) mass is 272 g/mol. The maximum absolute atomic E-state index is 11.7. The Balaban J connectivity index is 2.69. The lowest BCUT2D eigenvalue weighted by atomic mass is 10.5. The molecule has 1 aromatic heterocycles. The highest BCUT2D eigenvalue weighted by molar-refractivity contribution is 7.13. The smallest absolute Gasteiger partial charge is 0.324 e. The molecular formula is C9H12N4O4S. The molecule has 0 aliphatic rings. The zero-order valence-corrected chi connectivity index (χ0v) is 10.4. The van der Waals surface area contributed by atoms with Gasteiger partial charge in [0, 0.05) is 5.38 Å². The van der Waals surface area contributed by atoms with Crippen molar-refractivity contribution in [2.75, 3.05) is 18.4 Å². The fraction of sp³-hybridized carbons (Fsp3) is 0.333. The number of aliphatic carboxylic acids is 1. The quantitative estimate of drug-likeness (QED) is 0.687. The highest BCUT2D eigenvalue weighted by Gasteiger charge is 2.19. The second-order valence-corrected chi connectivity index (χ2v) is 4.30. The topological polar surface area (TPSA) is 126 Å². The first kappa shape index (κ1) is 13.9. The number of anilines is 1. The van der Waals surface area contributed by atoms with Gasteiger partial charge in [0.15, 0.2) is 5.13 Å². The summed E-state index contributed by atoms with van der Waals surface area (Å²) in [6.45, 7) is 0.673. The molecular weight excluding hydrogens is 260 g/mol. The summed E-state index contributed by atoms with van der Waals surface area (Å²) >= 11 is 1.20. The standard InChI is InChI=1S/C9H12N4O4S/c1-5-4-18-8(11-5)12-9(17)13(2-6(10)14)3-7(15)16/h4H,2-3H2,1H3,(H2,10,14)(H,15,16)(H,11,12,17). The van der Waals surface area contributed by atoms with Crippen molar-refractivity contribution in [1.29, 1.82) is 0 Å². The molecule has 0 spiro atoms. The molecule has 1 rings (SSSR count). The van der Waals surface area contributed by atoms with Gasteiger partial charge in [-0.3, -0.25) is 14.9 Å². The number of carbonyl (C=O) groups is 3. The lowest BCUT2D eigenvalue weighted by Crippen LogP contribution is -2.43. The molecule has 1 heterocycles. The van der Waals surface area contributed by atoms with Gasteiger partial charge in [0.2, 0.25) is 5.91 Å². The van der Waals surface area contributed by atoms with Crippen LogP contribution < -0.4 is 11.1 Å². The molecule has 0 aliphatic heterocycles. The Morgan fingerprint density at radius 1 is 1.50 bits per heavy atom. The van der Waals surface area contributed by atoms with E-state index in [0.29, 0.717) is 5.13 Å². The van der Waals surface area contributed by atoms with Crippen molar-refractivity contribution in [3.05, 3.63) is 11.1 Å². The third-order valence-corrected chi connectivity index (χ3v) is 2.67. The average molecular weight is 272 g/mol. The van der Waals surface area contributed by atoms with Gasteiger partial charge in [-0.15, -0.1) is 11.3 Å². The van der Waals surface area contributed by atoms with Crippen LogP contribution in [0.3, 0.4) is 0 Å². The van der Waals surface area contributed by atoms with Crippen molar-refractivity contribution in [1.82, 2.24) is 9.88 Å². The van der Waals surface area contributed by atoms with Gasteiger partial charge in [0.05, 0.1) is 5.69 Å². The van der Waals surface area contributed by atoms with E-state index in [-0.39, 0.29) is 0 Å². The number of amides is 3. The number of carboxylic acids is 1. The zero-order valence-electron chi connectivity index (χ0n) is 9.54. The zero-order chi connectivity index (χ0) is 13.7. The minimum atomic E-state index is -1.23. The molecule has 0 atom stereocenters. The summed E-state index contributed by atoms with van der Waals surface area (Å²) in [5.41, 5.74) is 5.67. The van der Waals surface area contributed by atoms with Crippen LogP contribution in [0.4, 0.5) is 9.93 Å². The van der Waals surface area contributed by atoms with Gasteiger partial charge in [-0.25, -0.2) is 9.78 Å². The Labute approximate surface area is 106 Å². The van der Waals surface area contributed by atoms with Crippen LogP contribution in [0.1, 0.15) is 5.69 Å². The number of hydrogen-bond acceptors (Lipinski definition) is 5. The van der Waals surface area contributed by atoms with Crippen molar-refractivity contribution >= 4 is 34.4 Å². The van der Waals surface area contributed by atoms with E-state index in [2.05, 4.69) is 10.3 Å². The number of thiazole rings is 1.